The van der Waals surface area contributed by atoms with E-state index >= 15 is 0 Å². The summed E-state index contributed by atoms with van der Waals surface area (Å²) in [6.45, 7) is 3.93. The number of hydrogen-bond donors (Lipinski definition) is 2. The quantitative estimate of drug-likeness (QED) is 0.850. The molecule has 0 saturated carbocycles. The summed E-state index contributed by atoms with van der Waals surface area (Å²) in [7, 11) is 1.54. The number of hydrogen-bond acceptors (Lipinski definition) is 4. The average molecular weight is 260 g/mol. The Kier molecular flexibility index (Phi) is 5.05. The van der Waals surface area contributed by atoms with Gasteiger partial charge in [-0.1, -0.05) is 11.6 Å². The van der Waals surface area contributed by atoms with Crippen LogP contribution in [0, 0.1) is 0 Å². The molecule has 96 valence electrons. The third-order valence-corrected chi connectivity index (χ3v) is 2.56. The SMILES string of the molecule is COc1cc(C(O)CN)c(Cl)cc1OC(C)C. The highest BCUT2D eigenvalue weighted by molar-refractivity contribution is 6.31. The van der Waals surface area contributed by atoms with E-state index in [0.29, 0.717) is 22.1 Å². The van der Waals surface area contributed by atoms with Crippen molar-refractivity contribution in [2.24, 2.45) is 5.73 Å². The third kappa shape index (κ3) is 3.49. The first-order valence-corrected chi connectivity index (χ1v) is 5.79. The van der Waals surface area contributed by atoms with E-state index in [2.05, 4.69) is 0 Å². The Hall–Kier alpha value is -0.970. The minimum absolute atomic E-state index is 0.0187. The highest BCUT2D eigenvalue weighted by Crippen LogP contribution is 2.36. The largest absolute Gasteiger partial charge is 0.493 e. The molecule has 17 heavy (non-hydrogen) atoms. The molecule has 0 radical (unpaired) electrons. The maximum absolute atomic E-state index is 9.70. The first kappa shape index (κ1) is 14.1. The van der Waals surface area contributed by atoms with E-state index in [1.807, 2.05) is 13.8 Å². The zero-order chi connectivity index (χ0) is 13.0. The summed E-state index contributed by atoms with van der Waals surface area (Å²) in [4.78, 5) is 0. The van der Waals surface area contributed by atoms with E-state index in [9.17, 15) is 5.11 Å². The fourth-order valence-corrected chi connectivity index (χ4v) is 1.72. The summed E-state index contributed by atoms with van der Waals surface area (Å²) in [6, 6.07) is 3.28. The predicted octanol–water partition coefficient (Wildman–Crippen LogP) is 2.13. The molecule has 1 rings (SSSR count). The van der Waals surface area contributed by atoms with Crippen LogP contribution in [0.15, 0.2) is 12.1 Å². The summed E-state index contributed by atoms with van der Waals surface area (Å²) in [5.41, 5.74) is 5.95. The normalized spacial score (nSPS) is 12.6. The standard InChI is InChI=1S/C12H18ClNO3/c1-7(2)17-12-5-9(13)8(10(15)6-14)4-11(12)16-3/h4-5,7,10,15H,6,14H2,1-3H3. The summed E-state index contributed by atoms with van der Waals surface area (Å²) in [6.07, 6.45) is -0.783. The number of aliphatic hydroxyl groups is 1. The number of ether oxygens (including phenoxy) is 2. The smallest absolute Gasteiger partial charge is 0.163 e. The number of rotatable bonds is 5. The van der Waals surface area contributed by atoms with Crippen molar-refractivity contribution in [1.82, 2.24) is 0 Å². The fourth-order valence-electron chi connectivity index (χ4n) is 1.44. The molecule has 1 aromatic rings. The van der Waals surface area contributed by atoms with Gasteiger partial charge in [0.2, 0.25) is 0 Å². The molecule has 1 unspecified atom stereocenters. The molecule has 0 bridgehead atoms. The van der Waals surface area contributed by atoms with E-state index in [1.165, 1.54) is 7.11 Å². The van der Waals surface area contributed by atoms with Crippen LogP contribution in [0.3, 0.4) is 0 Å². The molecular formula is C12H18ClNO3. The first-order valence-electron chi connectivity index (χ1n) is 5.41. The minimum Gasteiger partial charge on any atom is -0.493 e. The molecule has 5 heteroatoms. The van der Waals surface area contributed by atoms with Crippen LogP contribution in [-0.2, 0) is 0 Å². The molecule has 0 saturated heterocycles. The molecule has 4 nitrogen and oxygen atoms in total. The number of aliphatic hydroxyl groups excluding tert-OH is 1. The van der Waals surface area contributed by atoms with Crippen molar-refractivity contribution in [3.8, 4) is 11.5 Å². The van der Waals surface area contributed by atoms with Gasteiger partial charge in [0.05, 0.1) is 24.3 Å². The van der Waals surface area contributed by atoms with E-state index in [4.69, 9.17) is 26.8 Å². The van der Waals surface area contributed by atoms with Crippen LogP contribution in [0.4, 0.5) is 0 Å². The van der Waals surface area contributed by atoms with Crippen molar-refractivity contribution in [1.29, 1.82) is 0 Å². The molecule has 0 fully saturated rings. The van der Waals surface area contributed by atoms with Gasteiger partial charge >= 0.3 is 0 Å². The fraction of sp³-hybridized carbons (Fsp3) is 0.500. The highest BCUT2D eigenvalue weighted by atomic mass is 35.5. The molecule has 1 aromatic carbocycles. The van der Waals surface area contributed by atoms with Gasteiger partial charge in [-0.25, -0.2) is 0 Å². The summed E-state index contributed by atoms with van der Waals surface area (Å²) < 4.78 is 10.8. The Morgan fingerprint density at radius 1 is 1.35 bits per heavy atom. The molecule has 0 spiro atoms. The van der Waals surface area contributed by atoms with Crippen molar-refractivity contribution in [2.75, 3.05) is 13.7 Å². The molecule has 0 heterocycles. The van der Waals surface area contributed by atoms with Crippen LogP contribution < -0.4 is 15.2 Å². The average Bonchev–Trinajstić information content (AvgIpc) is 2.27. The molecule has 0 aliphatic carbocycles. The van der Waals surface area contributed by atoms with Gasteiger partial charge in [0, 0.05) is 18.2 Å². The summed E-state index contributed by atoms with van der Waals surface area (Å²) in [5, 5.41) is 10.1. The van der Waals surface area contributed by atoms with Crippen LogP contribution in [-0.4, -0.2) is 24.9 Å². The second-order valence-electron chi connectivity index (χ2n) is 3.94. The van der Waals surface area contributed by atoms with Crippen molar-refractivity contribution in [2.45, 2.75) is 26.1 Å². The van der Waals surface area contributed by atoms with E-state index < -0.39 is 6.10 Å². The number of nitrogens with two attached hydrogens (primary N) is 1. The maximum atomic E-state index is 9.70. The van der Waals surface area contributed by atoms with E-state index in [-0.39, 0.29) is 12.6 Å². The van der Waals surface area contributed by atoms with Crippen LogP contribution in [0.5, 0.6) is 11.5 Å². The molecule has 0 aliphatic heterocycles. The zero-order valence-corrected chi connectivity index (χ0v) is 11.0. The van der Waals surface area contributed by atoms with Gasteiger partial charge in [-0.2, -0.15) is 0 Å². The van der Waals surface area contributed by atoms with Crippen LogP contribution in [0.25, 0.3) is 0 Å². The van der Waals surface area contributed by atoms with Gasteiger partial charge in [-0.15, -0.1) is 0 Å². The number of methoxy groups -OCH3 is 1. The minimum atomic E-state index is -0.801. The first-order chi connectivity index (χ1) is 7.99. The number of benzene rings is 1. The third-order valence-electron chi connectivity index (χ3n) is 2.23. The predicted molar refractivity (Wildman–Crippen MR) is 67.8 cm³/mol. The Balaban J connectivity index is 3.14. The Morgan fingerprint density at radius 3 is 2.47 bits per heavy atom. The molecule has 0 amide bonds. The lowest BCUT2D eigenvalue weighted by Crippen LogP contribution is -2.13. The van der Waals surface area contributed by atoms with Crippen molar-refractivity contribution in [3.05, 3.63) is 22.7 Å². The second kappa shape index (κ2) is 6.10. The van der Waals surface area contributed by atoms with E-state index in [1.54, 1.807) is 12.1 Å². The van der Waals surface area contributed by atoms with Crippen LogP contribution >= 0.6 is 11.6 Å². The van der Waals surface area contributed by atoms with Gasteiger partial charge in [0.1, 0.15) is 0 Å². The number of halogens is 1. The molecular weight excluding hydrogens is 242 g/mol. The molecule has 3 N–H and O–H groups in total. The van der Waals surface area contributed by atoms with Gasteiger partial charge < -0.3 is 20.3 Å². The molecule has 0 aromatic heterocycles. The van der Waals surface area contributed by atoms with Gasteiger partial charge in [-0.05, 0) is 19.9 Å². The van der Waals surface area contributed by atoms with Gasteiger partial charge in [0.15, 0.2) is 11.5 Å². The monoisotopic (exact) mass is 259 g/mol. The van der Waals surface area contributed by atoms with Crippen LogP contribution in [0.1, 0.15) is 25.5 Å². The Labute approximate surface area is 106 Å². The van der Waals surface area contributed by atoms with E-state index in [0.717, 1.165) is 0 Å². The zero-order valence-electron chi connectivity index (χ0n) is 10.2. The van der Waals surface area contributed by atoms with Crippen LogP contribution in [0.2, 0.25) is 5.02 Å². The summed E-state index contributed by atoms with van der Waals surface area (Å²) in [5.74, 6) is 1.09. The van der Waals surface area contributed by atoms with Gasteiger partial charge in [-0.3, -0.25) is 0 Å². The summed E-state index contributed by atoms with van der Waals surface area (Å²) >= 11 is 6.06. The lowest BCUT2D eigenvalue weighted by Gasteiger charge is -2.17. The lowest BCUT2D eigenvalue weighted by atomic mass is 10.1. The Bertz CT molecular complexity index is 382. The maximum Gasteiger partial charge on any atom is 0.163 e. The molecule has 1 atom stereocenters. The van der Waals surface area contributed by atoms with Crippen molar-refractivity contribution >= 4 is 11.6 Å². The van der Waals surface area contributed by atoms with Gasteiger partial charge in [0.25, 0.3) is 0 Å². The Morgan fingerprint density at radius 2 is 2.00 bits per heavy atom. The molecule has 0 aliphatic rings. The van der Waals surface area contributed by atoms with Crippen molar-refractivity contribution in [3.63, 3.8) is 0 Å². The highest BCUT2D eigenvalue weighted by Gasteiger charge is 2.16. The topological polar surface area (TPSA) is 64.7 Å². The lowest BCUT2D eigenvalue weighted by molar-refractivity contribution is 0.185. The van der Waals surface area contributed by atoms with Crippen molar-refractivity contribution < 1.29 is 14.6 Å². The second-order valence-corrected chi connectivity index (χ2v) is 4.35.